The van der Waals surface area contributed by atoms with E-state index in [1.54, 1.807) is 58.0 Å². The first-order valence-corrected chi connectivity index (χ1v) is 8.75. The summed E-state index contributed by atoms with van der Waals surface area (Å²) >= 11 is 0. The van der Waals surface area contributed by atoms with Gasteiger partial charge in [0, 0.05) is 25.0 Å². The van der Waals surface area contributed by atoms with Crippen LogP contribution in [-0.4, -0.2) is 39.2 Å². The highest BCUT2D eigenvalue weighted by Crippen LogP contribution is 2.19. The summed E-state index contributed by atoms with van der Waals surface area (Å²) in [5.41, 5.74) is 1.70. The molecule has 2 aromatic heterocycles. The van der Waals surface area contributed by atoms with Crippen LogP contribution in [0.15, 0.2) is 48.7 Å². The second-order valence-corrected chi connectivity index (χ2v) is 6.39. The highest BCUT2D eigenvalue weighted by atomic mass is 16.2. The van der Waals surface area contributed by atoms with E-state index in [-0.39, 0.29) is 17.4 Å². The Labute approximate surface area is 155 Å². The van der Waals surface area contributed by atoms with E-state index in [2.05, 4.69) is 10.3 Å². The van der Waals surface area contributed by atoms with E-state index in [4.69, 9.17) is 5.26 Å². The Morgan fingerprint density at radius 1 is 1.11 bits per heavy atom. The Kier molecular flexibility index (Phi) is 4.30. The average Bonchev–Trinajstić information content (AvgIpc) is 3.36. The molecule has 1 saturated heterocycles. The number of carbonyl (C=O) groups excluding carboxylic acids is 2. The number of benzene rings is 1. The maximum atomic E-state index is 12.8. The van der Waals surface area contributed by atoms with Gasteiger partial charge in [0.05, 0.1) is 17.1 Å². The third-order valence-corrected chi connectivity index (χ3v) is 4.60. The molecule has 134 valence electrons. The van der Waals surface area contributed by atoms with Crippen LogP contribution in [0.5, 0.6) is 0 Å². The van der Waals surface area contributed by atoms with E-state index in [0.29, 0.717) is 29.9 Å². The maximum absolute atomic E-state index is 12.8. The number of nitrogens with one attached hydrogen (secondary N) is 1. The number of amides is 2. The molecule has 0 atom stereocenters. The van der Waals surface area contributed by atoms with Gasteiger partial charge in [-0.1, -0.05) is 12.1 Å². The normalized spacial score (nSPS) is 13.5. The lowest BCUT2D eigenvalue weighted by molar-refractivity contribution is 0.0780. The number of pyridine rings is 1. The van der Waals surface area contributed by atoms with E-state index in [9.17, 15) is 9.59 Å². The number of hydrogen-bond acceptors (Lipinski definition) is 4. The number of nitrogens with zero attached hydrogens (tertiary/aromatic N) is 4. The number of anilines is 1. The number of likely N-dealkylation sites (tertiary alicyclic amines) is 1. The molecule has 1 aliphatic heterocycles. The lowest BCUT2D eigenvalue weighted by Gasteiger charge is -2.13. The molecule has 3 heterocycles. The molecule has 1 N–H and O–H groups in total. The minimum Gasteiger partial charge on any atom is -0.336 e. The number of carbonyl (C=O) groups is 2. The Bertz CT molecular complexity index is 1070. The monoisotopic (exact) mass is 359 g/mol. The van der Waals surface area contributed by atoms with Crippen LogP contribution < -0.4 is 5.32 Å². The molecule has 0 radical (unpaired) electrons. The van der Waals surface area contributed by atoms with E-state index < -0.39 is 5.91 Å². The first kappa shape index (κ1) is 16.8. The SMILES string of the molecule is N#Cc1cccc(NC(=O)c2nc(C(=O)N3CCCC3)n3ccccc23)c1. The first-order chi connectivity index (χ1) is 13.2. The number of fused-ring (bicyclic) bond motifs is 1. The highest BCUT2D eigenvalue weighted by Gasteiger charge is 2.26. The quantitative estimate of drug-likeness (QED) is 0.778. The summed E-state index contributed by atoms with van der Waals surface area (Å²) in [6.07, 6.45) is 3.70. The van der Waals surface area contributed by atoms with Gasteiger partial charge < -0.3 is 10.2 Å². The Morgan fingerprint density at radius 2 is 1.93 bits per heavy atom. The topological polar surface area (TPSA) is 90.5 Å². The third kappa shape index (κ3) is 3.13. The highest BCUT2D eigenvalue weighted by molar-refractivity contribution is 6.09. The fraction of sp³-hybridized carbons (Fsp3) is 0.200. The van der Waals surface area contributed by atoms with Crippen molar-refractivity contribution >= 4 is 23.0 Å². The number of rotatable bonds is 3. The lowest BCUT2D eigenvalue weighted by Crippen LogP contribution is -2.29. The molecular formula is C20H17N5O2. The van der Waals surface area contributed by atoms with Crippen molar-refractivity contribution in [2.24, 2.45) is 0 Å². The second-order valence-electron chi connectivity index (χ2n) is 6.39. The number of hydrogen-bond donors (Lipinski definition) is 1. The Morgan fingerprint density at radius 3 is 2.70 bits per heavy atom. The van der Waals surface area contributed by atoms with Crippen molar-refractivity contribution in [2.75, 3.05) is 18.4 Å². The summed E-state index contributed by atoms with van der Waals surface area (Å²) in [5.74, 6) is -0.350. The van der Waals surface area contributed by atoms with Crippen molar-refractivity contribution in [3.63, 3.8) is 0 Å². The zero-order chi connectivity index (χ0) is 18.8. The molecule has 7 nitrogen and oxygen atoms in total. The van der Waals surface area contributed by atoms with Crippen molar-refractivity contribution in [1.29, 1.82) is 5.26 Å². The molecule has 1 fully saturated rings. The van der Waals surface area contributed by atoms with Crippen molar-refractivity contribution in [3.8, 4) is 6.07 Å². The van der Waals surface area contributed by atoms with E-state index in [1.165, 1.54) is 0 Å². The minimum atomic E-state index is -0.422. The maximum Gasteiger partial charge on any atom is 0.290 e. The van der Waals surface area contributed by atoms with Crippen LogP contribution >= 0.6 is 0 Å². The Balaban J connectivity index is 1.70. The van der Waals surface area contributed by atoms with Crippen LogP contribution in [0.4, 0.5) is 5.69 Å². The third-order valence-electron chi connectivity index (χ3n) is 4.60. The second kappa shape index (κ2) is 6.92. The summed E-state index contributed by atoms with van der Waals surface area (Å²) in [7, 11) is 0. The van der Waals surface area contributed by atoms with Gasteiger partial charge in [-0.05, 0) is 43.2 Å². The Hall–Kier alpha value is -3.66. The molecule has 27 heavy (non-hydrogen) atoms. The molecule has 3 aromatic rings. The molecule has 0 unspecified atom stereocenters. The fourth-order valence-corrected chi connectivity index (χ4v) is 3.27. The fourth-order valence-electron chi connectivity index (χ4n) is 3.27. The van der Waals surface area contributed by atoms with Crippen molar-refractivity contribution in [1.82, 2.24) is 14.3 Å². The zero-order valence-corrected chi connectivity index (χ0v) is 14.6. The molecule has 0 aliphatic carbocycles. The molecule has 0 spiro atoms. The molecule has 2 amide bonds. The van der Waals surface area contributed by atoms with Gasteiger partial charge in [0.25, 0.3) is 11.8 Å². The molecular weight excluding hydrogens is 342 g/mol. The van der Waals surface area contributed by atoms with Crippen molar-refractivity contribution < 1.29 is 9.59 Å². The van der Waals surface area contributed by atoms with Gasteiger partial charge in [0.1, 0.15) is 0 Å². The zero-order valence-electron chi connectivity index (χ0n) is 14.6. The van der Waals surface area contributed by atoms with E-state index in [1.807, 2.05) is 6.07 Å². The first-order valence-electron chi connectivity index (χ1n) is 8.75. The van der Waals surface area contributed by atoms with Crippen LogP contribution in [0.25, 0.3) is 5.52 Å². The van der Waals surface area contributed by atoms with Gasteiger partial charge in [-0.2, -0.15) is 5.26 Å². The van der Waals surface area contributed by atoms with Gasteiger partial charge in [-0.15, -0.1) is 0 Å². The minimum absolute atomic E-state index is 0.167. The standard InChI is InChI=1S/C20H17N5O2/c21-13-14-6-5-7-15(12-14)22-19(26)17-16-8-1-2-11-25(16)18(23-17)20(27)24-9-3-4-10-24/h1-2,5-8,11-12H,3-4,9-10H2,(H,22,26). The molecule has 7 heteroatoms. The van der Waals surface area contributed by atoms with Gasteiger partial charge in [-0.3, -0.25) is 14.0 Å². The average molecular weight is 359 g/mol. The van der Waals surface area contributed by atoms with E-state index >= 15 is 0 Å². The van der Waals surface area contributed by atoms with Crippen LogP contribution in [0.3, 0.4) is 0 Å². The molecule has 1 aromatic carbocycles. The van der Waals surface area contributed by atoms with Gasteiger partial charge in [0.15, 0.2) is 5.69 Å². The predicted molar refractivity (Wildman–Crippen MR) is 99.4 cm³/mol. The number of aromatic nitrogens is 2. The van der Waals surface area contributed by atoms with Crippen LogP contribution in [-0.2, 0) is 0 Å². The van der Waals surface area contributed by atoms with Crippen LogP contribution in [0, 0.1) is 11.3 Å². The summed E-state index contributed by atoms with van der Waals surface area (Å²) in [4.78, 5) is 31.7. The summed E-state index contributed by atoms with van der Waals surface area (Å²) in [6, 6.07) is 14.0. The van der Waals surface area contributed by atoms with Crippen LogP contribution in [0.1, 0.15) is 39.5 Å². The molecule has 1 aliphatic rings. The predicted octanol–water partition coefficient (Wildman–Crippen LogP) is 2.69. The number of imidazole rings is 1. The molecule has 4 rings (SSSR count). The molecule has 0 bridgehead atoms. The summed E-state index contributed by atoms with van der Waals surface area (Å²) in [6.45, 7) is 1.42. The van der Waals surface area contributed by atoms with Crippen molar-refractivity contribution in [2.45, 2.75) is 12.8 Å². The smallest absolute Gasteiger partial charge is 0.290 e. The van der Waals surface area contributed by atoms with Crippen molar-refractivity contribution in [3.05, 3.63) is 65.7 Å². The lowest BCUT2D eigenvalue weighted by atomic mass is 10.2. The summed E-state index contributed by atoms with van der Waals surface area (Å²) < 4.78 is 1.65. The largest absolute Gasteiger partial charge is 0.336 e. The van der Waals surface area contributed by atoms with E-state index in [0.717, 1.165) is 12.8 Å². The number of nitriles is 1. The summed E-state index contributed by atoms with van der Waals surface area (Å²) in [5, 5.41) is 11.8. The van der Waals surface area contributed by atoms with Gasteiger partial charge in [-0.25, -0.2) is 4.98 Å². The molecule has 0 saturated carbocycles. The van der Waals surface area contributed by atoms with Gasteiger partial charge in [0.2, 0.25) is 5.82 Å². The van der Waals surface area contributed by atoms with Gasteiger partial charge >= 0.3 is 0 Å². The van der Waals surface area contributed by atoms with Crippen LogP contribution in [0.2, 0.25) is 0 Å².